The van der Waals surface area contributed by atoms with Crippen molar-refractivity contribution in [2.75, 3.05) is 13.7 Å². The highest BCUT2D eigenvalue weighted by atomic mass is 19.3. The van der Waals surface area contributed by atoms with Crippen LogP contribution in [0.15, 0.2) is 42.5 Å². The van der Waals surface area contributed by atoms with Gasteiger partial charge < -0.3 is 19.9 Å². The molecule has 130 valence electrons. The fourth-order valence-corrected chi connectivity index (χ4v) is 2.42. The highest BCUT2D eigenvalue weighted by Gasteiger charge is 2.15. The van der Waals surface area contributed by atoms with Crippen LogP contribution in [-0.4, -0.2) is 25.4 Å². The van der Waals surface area contributed by atoms with Crippen LogP contribution in [0.4, 0.5) is 8.78 Å². The van der Waals surface area contributed by atoms with Gasteiger partial charge in [0.15, 0.2) is 11.5 Å². The highest BCUT2D eigenvalue weighted by molar-refractivity contribution is 5.46. The van der Waals surface area contributed by atoms with Crippen LogP contribution in [0, 0.1) is 6.92 Å². The Labute approximate surface area is 140 Å². The lowest BCUT2D eigenvalue weighted by molar-refractivity contribution is -0.0519. The van der Waals surface area contributed by atoms with Gasteiger partial charge in [-0.25, -0.2) is 0 Å². The third-order valence-corrected chi connectivity index (χ3v) is 3.57. The van der Waals surface area contributed by atoms with Crippen LogP contribution in [0.2, 0.25) is 0 Å². The van der Waals surface area contributed by atoms with Crippen molar-refractivity contribution in [1.29, 1.82) is 0 Å². The number of alkyl halides is 2. The van der Waals surface area contributed by atoms with E-state index in [9.17, 15) is 13.9 Å². The van der Waals surface area contributed by atoms with E-state index in [1.54, 1.807) is 18.2 Å². The van der Waals surface area contributed by atoms with E-state index in [-0.39, 0.29) is 24.6 Å². The number of para-hydroxylation sites is 1. The van der Waals surface area contributed by atoms with E-state index in [4.69, 9.17) is 4.74 Å². The van der Waals surface area contributed by atoms with Gasteiger partial charge in [-0.05, 0) is 18.6 Å². The van der Waals surface area contributed by atoms with Crippen LogP contribution in [-0.2, 0) is 6.54 Å². The fraction of sp³-hybridized carbons (Fsp3) is 0.333. The number of methoxy groups -OCH3 is 1. The second-order valence-electron chi connectivity index (χ2n) is 5.39. The Balaban J connectivity index is 2.01. The maximum absolute atomic E-state index is 12.6. The number of benzene rings is 2. The number of ether oxygens (including phenoxy) is 2. The van der Waals surface area contributed by atoms with E-state index in [0.717, 1.165) is 11.1 Å². The molecule has 0 saturated heterocycles. The Bertz CT molecular complexity index is 664. The number of hydrogen-bond donors (Lipinski definition) is 2. The zero-order chi connectivity index (χ0) is 17.5. The molecule has 0 saturated carbocycles. The summed E-state index contributed by atoms with van der Waals surface area (Å²) in [6.07, 6.45) is -0.685. The summed E-state index contributed by atoms with van der Waals surface area (Å²) in [7, 11) is 1.40. The molecule has 2 rings (SSSR count). The quantitative estimate of drug-likeness (QED) is 0.775. The number of nitrogens with one attached hydrogen (secondary N) is 1. The van der Waals surface area contributed by atoms with Crippen molar-refractivity contribution in [2.24, 2.45) is 0 Å². The van der Waals surface area contributed by atoms with Crippen molar-refractivity contribution in [2.45, 2.75) is 26.2 Å². The Morgan fingerprint density at radius 1 is 1.17 bits per heavy atom. The Morgan fingerprint density at radius 2 is 1.92 bits per heavy atom. The van der Waals surface area contributed by atoms with Crippen LogP contribution in [0.3, 0.4) is 0 Å². The van der Waals surface area contributed by atoms with Gasteiger partial charge in [0.05, 0.1) is 13.2 Å². The molecule has 2 aromatic carbocycles. The van der Waals surface area contributed by atoms with Gasteiger partial charge in [0.2, 0.25) is 0 Å². The smallest absolute Gasteiger partial charge is 0.387 e. The number of aliphatic hydroxyl groups excluding tert-OH is 1. The molecule has 0 spiro atoms. The van der Waals surface area contributed by atoms with E-state index in [1.165, 1.54) is 7.11 Å². The van der Waals surface area contributed by atoms with E-state index in [1.807, 2.05) is 31.2 Å². The SMILES string of the molecule is COc1cccc(CNCC(O)c2cccc(C)c2)c1OC(F)F. The third kappa shape index (κ3) is 4.91. The van der Waals surface area contributed by atoms with Gasteiger partial charge in [-0.3, -0.25) is 0 Å². The first-order valence-corrected chi connectivity index (χ1v) is 7.57. The first kappa shape index (κ1) is 18.2. The van der Waals surface area contributed by atoms with Crippen LogP contribution < -0.4 is 14.8 Å². The molecule has 1 unspecified atom stereocenters. The van der Waals surface area contributed by atoms with Crippen LogP contribution >= 0.6 is 0 Å². The second-order valence-corrected chi connectivity index (χ2v) is 5.39. The van der Waals surface area contributed by atoms with Crippen molar-refractivity contribution < 1.29 is 23.4 Å². The maximum Gasteiger partial charge on any atom is 0.387 e. The minimum atomic E-state index is -2.93. The molecule has 0 amide bonds. The highest BCUT2D eigenvalue weighted by Crippen LogP contribution is 2.32. The Kier molecular flexibility index (Phi) is 6.52. The van der Waals surface area contributed by atoms with Crippen LogP contribution in [0.1, 0.15) is 22.8 Å². The predicted molar refractivity (Wildman–Crippen MR) is 87.5 cm³/mol. The number of hydrogen-bond acceptors (Lipinski definition) is 4. The van der Waals surface area contributed by atoms with E-state index < -0.39 is 12.7 Å². The van der Waals surface area contributed by atoms with Gasteiger partial charge in [-0.15, -0.1) is 0 Å². The van der Waals surface area contributed by atoms with Gasteiger partial charge in [-0.2, -0.15) is 8.78 Å². The monoisotopic (exact) mass is 337 g/mol. The normalized spacial score (nSPS) is 12.2. The first-order chi connectivity index (χ1) is 11.5. The fourth-order valence-electron chi connectivity index (χ4n) is 2.42. The molecule has 4 nitrogen and oxygen atoms in total. The minimum absolute atomic E-state index is 0.00699. The van der Waals surface area contributed by atoms with Crippen molar-refractivity contribution >= 4 is 0 Å². The molecule has 0 fully saturated rings. The Morgan fingerprint density at radius 3 is 2.58 bits per heavy atom. The second kappa shape index (κ2) is 8.61. The standard InChI is InChI=1S/C18H21F2NO3/c1-12-5-3-6-13(9-12)15(22)11-21-10-14-7-4-8-16(23-2)17(14)24-18(19)20/h3-9,15,18,21-22H,10-11H2,1-2H3. The van der Waals surface area contributed by atoms with E-state index in [2.05, 4.69) is 10.1 Å². The lowest BCUT2D eigenvalue weighted by Crippen LogP contribution is -2.21. The zero-order valence-corrected chi connectivity index (χ0v) is 13.6. The molecule has 2 N–H and O–H groups in total. The summed E-state index contributed by atoms with van der Waals surface area (Å²) in [4.78, 5) is 0. The summed E-state index contributed by atoms with van der Waals surface area (Å²) >= 11 is 0. The molecule has 24 heavy (non-hydrogen) atoms. The number of aliphatic hydroxyl groups is 1. The van der Waals surface area contributed by atoms with Crippen molar-refractivity contribution in [1.82, 2.24) is 5.32 Å². The first-order valence-electron chi connectivity index (χ1n) is 7.57. The summed E-state index contributed by atoms with van der Waals surface area (Å²) in [5, 5.41) is 13.3. The van der Waals surface area contributed by atoms with E-state index in [0.29, 0.717) is 5.56 Å². The molecule has 2 aromatic rings. The van der Waals surface area contributed by atoms with Crippen LogP contribution in [0.5, 0.6) is 11.5 Å². The molecule has 0 aliphatic heterocycles. The summed E-state index contributed by atoms with van der Waals surface area (Å²) in [5.74, 6) is 0.251. The number of aryl methyl sites for hydroxylation is 1. The average molecular weight is 337 g/mol. The van der Waals surface area contributed by atoms with Crippen molar-refractivity contribution in [3.8, 4) is 11.5 Å². The van der Waals surface area contributed by atoms with Gasteiger partial charge in [0.25, 0.3) is 0 Å². The average Bonchev–Trinajstić information content (AvgIpc) is 2.55. The third-order valence-electron chi connectivity index (χ3n) is 3.57. The van der Waals surface area contributed by atoms with Gasteiger partial charge in [0.1, 0.15) is 0 Å². The lowest BCUT2D eigenvalue weighted by atomic mass is 10.1. The van der Waals surface area contributed by atoms with E-state index >= 15 is 0 Å². The molecular formula is C18H21F2NO3. The van der Waals surface area contributed by atoms with Gasteiger partial charge in [-0.1, -0.05) is 42.0 Å². The topological polar surface area (TPSA) is 50.7 Å². The maximum atomic E-state index is 12.6. The molecule has 0 aromatic heterocycles. The molecule has 0 aliphatic carbocycles. The summed E-state index contributed by atoms with van der Waals surface area (Å²) < 4.78 is 34.8. The minimum Gasteiger partial charge on any atom is -0.493 e. The molecule has 0 radical (unpaired) electrons. The van der Waals surface area contributed by atoms with Crippen molar-refractivity contribution in [3.05, 3.63) is 59.2 Å². The summed E-state index contributed by atoms with van der Waals surface area (Å²) in [5.41, 5.74) is 2.40. The molecule has 6 heteroatoms. The molecule has 0 aliphatic rings. The zero-order valence-electron chi connectivity index (χ0n) is 13.6. The molecular weight excluding hydrogens is 316 g/mol. The molecule has 1 atom stereocenters. The summed E-state index contributed by atoms with van der Waals surface area (Å²) in [6.45, 7) is -0.428. The number of rotatable bonds is 8. The molecule has 0 heterocycles. The largest absolute Gasteiger partial charge is 0.493 e. The van der Waals surface area contributed by atoms with Gasteiger partial charge >= 0.3 is 6.61 Å². The predicted octanol–water partition coefficient (Wildman–Crippen LogP) is 3.43. The number of halogens is 2. The molecule has 0 bridgehead atoms. The lowest BCUT2D eigenvalue weighted by Gasteiger charge is -2.16. The van der Waals surface area contributed by atoms with Crippen molar-refractivity contribution in [3.63, 3.8) is 0 Å². The Hall–Kier alpha value is -2.18. The van der Waals surface area contributed by atoms with Gasteiger partial charge in [0, 0.05) is 18.7 Å². The van der Waals surface area contributed by atoms with Crippen LogP contribution in [0.25, 0.3) is 0 Å². The summed E-state index contributed by atoms with van der Waals surface area (Å²) in [6, 6.07) is 12.5.